The first-order valence-corrected chi connectivity index (χ1v) is 3.53. The summed E-state index contributed by atoms with van der Waals surface area (Å²) >= 11 is 0. The lowest BCUT2D eigenvalue weighted by Crippen LogP contribution is -1.85. The molecule has 0 unspecified atom stereocenters. The van der Waals surface area contributed by atoms with E-state index in [2.05, 4.69) is 6.08 Å². The molecule has 1 aliphatic carbocycles. The van der Waals surface area contributed by atoms with Crippen molar-refractivity contribution >= 4 is 5.97 Å². The predicted molar refractivity (Wildman–Crippen MR) is 43.2 cm³/mol. The maximum atomic E-state index is 10.1. The second kappa shape index (κ2) is 3.76. The van der Waals surface area contributed by atoms with E-state index in [9.17, 15) is 4.79 Å². The molecule has 0 amide bonds. The van der Waals surface area contributed by atoms with Crippen LogP contribution in [0.25, 0.3) is 0 Å². The van der Waals surface area contributed by atoms with Crippen molar-refractivity contribution in [1.29, 1.82) is 0 Å². The number of carboxylic acid groups (broad SMARTS) is 1. The van der Waals surface area contributed by atoms with Gasteiger partial charge in [-0.15, -0.1) is 0 Å². The fourth-order valence-corrected chi connectivity index (χ4v) is 0.954. The normalized spacial score (nSPS) is 15.8. The second-order valence-electron chi connectivity index (χ2n) is 2.40. The monoisotopic (exact) mass is 150 g/mol. The minimum absolute atomic E-state index is 0.749. The molecule has 0 bridgehead atoms. The number of allylic oxidation sites excluding steroid dienone is 5. The molecule has 0 aliphatic heterocycles. The Morgan fingerprint density at radius 1 is 1.73 bits per heavy atom. The van der Waals surface area contributed by atoms with E-state index in [4.69, 9.17) is 5.11 Å². The Kier molecular flexibility index (Phi) is 2.66. The Hall–Kier alpha value is -1.31. The van der Waals surface area contributed by atoms with Gasteiger partial charge in [-0.2, -0.15) is 0 Å². The van der Waals surface area contributed by atoms with E-state index in [-0.39, 0.29) is 0 Å². The summed E-state index contributed by atoms with van der Waals surface area (Å²) in [5.41, 5.74) is 1.27. The van der Waals surface area contributed by atoms with E-state index in [1.54, 1.807) is 6.08 Å². The first kappa shape index (κ1) is 7.79. The van der Waals surface area contributed by atoms with Gasteiger partial charge in [-0.1, -0.05) is 29.9 Å². The van der Waals surface area contributed by atoms with Gasteiger partial charge in [0.2, 0.25) is 0 Å². The van der Waals surface area contributed by atoms with Gasteiger partial charge in [0.15, 0.2) is 0 Å². The molecular weight excluding hydrogens is 140 g/mol. The first-order valence-electron chi connectivity index (χ1n) is 3.53. The highest BCUT2D eigenvalue weighted by atomic mass is 16.4. The summed E-state index contributed by atoms with van der Waals surface area (Å²) in [6, 6.07) is 0. The average Bonchev–Trinajstić information content (AvgIpc) is 2.39. The van der Waals surface area contributed by atoms with Gasteiger partial charge in [-0.25, -0.2) is 4.79 Å². The zero-order valence-electron chi connectivity index (χ0n) is 6.16. The number of hydrogen-bond donors (Lipinski definition) is 1. The van der Waals surface area contributed by atoms with Gasteiger partial charge in [0.25, 0.3) is 0 Å². The maximum Gasteiger partial charge on any atom is 0.327 e. The Bertz CT molecular complexity index is 234. The Morgan fingerprint density at radius 3 is 3.09 bits per heavy atom. The highest BCUT2D eigenvalue weighted by Crippen LogP contribution is 2.14. The summed E-state index contributed by atoms with van der Waals surface area (Å²) in [5.74, 6) is -0.878. The van der Waals surface area contributed by atoms with Gasteiger partial charge < -0.3 is 5.11 Å². The van der Waals surface area contributed by atoms with Crippen LogP contribution < -0.4 is 0 Å². The van der Waals surface area contributed by atoms with Crippen molar-refractivity contribution in [2.75, 3.05) is 0 Å². The summed E-state index contributed by atoms with van der Waals surface area (Å²) in [6.07, 6.45) is 10.6. The molecule has 1 rings (SSSR count). The predicted octanol–water partition coefficient (Wildman–Crippen LogP) is 1.90. The maximum absolute atomic E-state index is 10.1. The van der Waals surface area contributed by atoms with Crippen molar-refractivity contribution in [3.8, 4) is 0 Å². The standard InChI is InChI=1S/C9H10O2/c10-9(11)7-3-6-8-4-1-2-5-8/h1-4,7H,5-6H2,(H,10,11). The summed E-state index contributed by atoms with van der Waals surface area (Å²) in [6.45, 7) is 0. The van der Waals surface area contributed by atoms with E-state index in [0.717, 1.165) is 12.8 Å². The molecule has 0 aromatic heterocycles. The lowest BCUT2D eigenvalue weighted by Gasteiger charge is -1.92. The molecule has 0 saturated carbocycles. The van der Waals surface area contributed by atoms with Crippen LogP contribution in [0.15, 0.2) is 36.0 Å². The van der Waals surface area contributed by atoms with Crippen LogP contribution in [-0.4, -0.2) is 11.1 Å². The average molecular weight is 150 g/mol. The number of hydrogen-bond acceptors (Lipinski definition) is 1. The number of aliphatic carboxylic acids is 1. The molecule has 2 heteroatoms. The molecule has 0 aromatic carbocycles. The summed E-state index contributed by atoms with van der Waals surface area (Å²) in [7, 11) is 0. The number of carboxylic acids is 1. The fraction of sp³-hybridized carbons (Fsp3) is 0.222. The molecule has 1 N–H and O–H groups in total. The van der Waals surface area contributed by atoms with Crippen LogP contribution in [0, 0.1) is 0 Å². The Balaban J connectivity index is 2.28. The third kappa shape index (κ3) is 2.85. The zero-order valence-corrected chi connectivity index (χ0v) is 6.16. The van der Waals surface area contributed by atoms with Crippen molar-refractivity contribution in [2.45, 2.75) is 12.8 Å². The zero-order chi connectivity index (χ0) is 8.10. The Labute approximate surface area is 65.5 Å². The molecule has 58 valence electrons. The van der Waals surface area contributed by atoms with Crippen molar-refractivity contribution in [1.82, 2.24) is 0 Å². The van der Waals surface area contributed by atoms with Crippen molar-refractivity contribution < 1.29 is 9.90 Å². The molecule has 0 atom stereocenters. The van der Waals surface area contributed by atoms with Crippen LogP contribution in [0.3, 0.4) is 0 Å². The van der Waals surface area contributed by atoms with E-state index < -0.39 is 5.97 Å². The summed E-state index contributed by atoms with van der Waals surface area (Å²) < 4.78 is 0. The quantitative estimate of drug-likeness (QED) is 0.624. The minimum Gasteiger partial charge on any atom is -0.478 e. The van der Waals surface area contributed by atoms with Crippen LogP contribution in [-0.2, 0) is 4.79 Å². The molecule has 0 aromatic rings. The van der Waals surface area contributed by atoms with Gasteiger partial charge in [-0.05, 0) is 12.8 Å². The van der Waals surface area contributed by atoms with Gasteiger partial charge in [0.05, 0.1) is 0 Å². The second-order valence-corrected chi connectivity index (χ2v) is 2.40. The Morgan fingerprint density at radius 2 is 2.55 bits per heavy atom. The highest BCUT2D eigenvalue weighted by molar-refractivity contribution is 5.79. The van der Waals surface area contributed by atoms with E-state index >= 15 is 0 Å². The molecular formula is C9H10O2. The molecule has 1 aliphatic rings. The highest BCUT2D eigenvalue weighted by Gasteiger charge is 1.95. The molecule has 2 nitrogen and oxygen atoms in total. The van der Waals surface area contributed by atoms with Crippen molar-refractivity contribution in [3.63, 3.8) is 0 Å². The number of rotatable bonds is 3. The van der Waals surface area contributed by atoms with E-state index in [0.29, 0.717) is 0 Å². The topological polar surface area (TPSA) is 37.3 Å². The van der Waals surface area contributed by atoms with Crippen LogP contribution >= 0.6 is 0 Å². The smallest absolute Gasteiger partial charge is 0.327 e. The largest absolute Gasteiger partial charge is 0.478 e. The van der Waals surface area contributed by atoms with Crippen LogP contribution in [0.2, 0.25) is 0 Å². The third-order valence-corrected chi connectivity index (χ3v) is 1.49. The number of carbonyl (C=O) groups is 1. The minimum atomic E-state index is -0.878. The fourth-order valence-electron chi connectivity index (χ4n) is 0.954. The molecule has 0 saturated heterocycles. The molecule has 11 heavy (non-hydrogen) atoms. The van der Waals surface area contributed by atoms with Crippen LogP contribution in [0.4, 0.5) is 0 Å². The van der Waals surface area contributed by atoms with Gasteiger partial charge in [0.1, 0.15) is 0 Å². The molecule has 0 heterocycles. The van der Waals surface area contributed by atoms with Gasteiger partial charge in [0, 0.05) is 6.08 Å². The van der Waals surface area contributed by atoms with Crippen molar-refractivity contribution in [3.05, 3.63) is 36.0 Å². The SMILES string of the molecule is O=C(O)C=CCC1=CC=CC1. The molecule has 0 radical (unpaired) electrons. The van der Waals surface area contributed by atoms with Crippen molar-refractivity contribution in [2.24, 2.45) is 0 Å². The van der Waals surface area contributed by atoms with E-state index in [1.165, 1.54) is 11.6 Å². The summed E-state index contributed by atoms with van der Waals surface area (Å²) in [5, 5.41) is 8.27. The van der Waals surface area contributed by atoms with Crippen LogP contribution in [0.5, 0.6) is 0 Å². The third-order valence-electron chi connectivity index (χ3n) is 1.49. The molecule has 0 spiro atoms. The summed E-state index contributed by atoms with van der Waals surface area (Å²) in [4.78, 5) is 10.1. The van der Waals surface area contributed by atoms with E-state index in [1.807, 2.05) is 12.2 Å². The lowest BCUT2D eigenvalue weighted by molar-refractivity contribution is -0.131. The van der Waals surface area contributed by atoms with Gasteiger partial charge >= 0.3 is 5.97 Å². The molecule has 0 fully saturated rings. The lowest BCUT2D eigenvalue weighted by atomic mass is 10.1. The first-order chi connectivity index (χ1) is 5.29. The van der Waals surface area contributed by atoms with Crippen LogP contribution in [0.1, 0.15) is 12.8 Å². The van der Waals surface area contributed by atoms with Gasteiger partial charge in [-0.3, -0.25) is 0 Å².